The molecule has 0 fully saturated rings. The van der Waals surface area contributed by atoms with E-state index in [1.54, 1.807) is 0 Å². The standard InChI is InChI=1S/C8H17NO4S2/c1-8(2,14)6-7(10)9-4-5-15(11,12)13-3/h14H,4-6H2,1-3H3,(H,9,10). The lowest BCUT2D eigenvalue weighted by molar-refractivity contribution is -0.121. The normalized spacial score (nSPS) is 12.5. The second-order valence-corrected chi connectivity index (χ2v) is 6.84. The Labute approximate surface area is 96.1 Å². The lowest BCUT2D eigenvalue weighted by Gasteiger charge is -2.16. The highest BCUT2D eigenvalue weighted by Gasteiger charge is 2.17. The van der Waals surface area contributed by atoms with E-state index >= 15 is 0 Å². The SMILES string of the molecule is COS(=O)(=O)CCNC(=O)CC(C)(C)S. The van der Waals surface area contributed by atoms with Gasteiger partial charge in [0.25, 0.3) is 10.1 Å². The quantitative estimate of drug-likeness (QED) is 0.524. The molecule has 0 aliphatic heterocycles. The van der Waals surface area contributed by atoms with Gasteiger partial charge in [0.1, 0.15) is 0 Å². The van der Waals surface area contributed by atoms with Crippen LogP contribution >= 0.6 is 12.6 Å². The summed E-state index contributed by atoms with van der Waals surface area (Å²) in [5.74, 6) is -0.441. The van der Waals surface area contributed by atoms with Crippen molar-refractivity contribution in [2.75, 3.05) is 19.4 Å². The van der Waals surface area contributed by atoms with E-state index < -0.39 is 14.9 Å². The first-order chi connectivity index (χ1) is 6.66. The molecule has 0 radical (unpaired) electrons. The molecule has 0 aliphatic carbocycles. The third-order valence-corrected chi connectivity index (χ3v) is 2.89. The minimum absolute atomic E-state index is 0.0544. The molecule has 0 aromatic carbocycles. The van der Waals surface area contributed by atoms with E-state index in [0.717, 1.165) is 7.11 Å². The zero-order valence-electron chi connectivity index (χ0n) is 9.11. The van der Waals surface area contributed by atoms with Gasteiger partial charge < -0.3 is 5.32 Å². The number of hydrogen-bond donors (Lipinski definition) is 2. The number of rotatable bonds is 6. The van der Waals surface area contributed by atoms with Crippen molar-refractivity contribution in [1.29, 1.82) is 0 Å². The molecule has 1 amide bonds. The molecule has 0 aliphatic rings. The number of nitrogens with one attached hydrogen (secondary N) is 1. The number of carbonyl (C=O) groups is 1. The first-order valence-corrected chi connectivity index (χ1v) is 6.46. The highest BCUT2D eigenvalue weighted by atomic mass is 32.2. The second kappa shape index (κ2) is 5.72. The Hall–Kier alpha value is -0.270. The average molecular weight is 255 g/mol. The Kier molecular flexibility index (Phi) is 5.61. The summed E-state index contributed by atoms with van der Waals surface area (Å²) in [5.41, 5.74) is 0. The highest BCUT2D eigenvalue weighted by molar-refractivity contribution is 7.86. The van der Waals surface area contributed by atoms with Gasteiger partial charge in [-0.1, -0.05) is 13.8 Å². The summed E-state index contributed by atoms with van der Waals surface area (Å²) in [6.45, 7) is 3.67. The van der Waals surface area contributed by atoms with Crippen molar-refractivity contribution < 1.29 is 17.4 Å². The van der Waals surface area contributed by atoms with Gasteiger partial charge in [0.2, 0.25) is 5.91 Å². The molecular formula is C8H17NO4S2. The molecule has 0 unspecified atom stereocenters. The van der Waals surface area contributed by atoms with E-state index in [0.29, 0.717) is 0 Å². The molecule has 15 heavy (non-hydrogen) atoms. The maximum atomic E-state index is 11.2. The predicted octanol–water partition coefficient (Wildman–Crippen LogP) is 0.177. The van der Waals surface area contributed by atoms with Crippen LogP contribution in [0.3, 0.4) is 0 Å². The fourth-order valence-corrected chi connectivity index (χ4v) is 1.52. The van der Waals surface area contributed by atoms with E-state index in [9.17, 15) is 13.2 Å². The van der Waals surface area contributed by atoms with Gasteiger partial charge in [0, 0.05) is 17.7 Å². The van der Waals surface area contributed by atoms with Crippen molar-refractivity contribution >= 4 is 28.7 Å². The summed E-state index contributed by atoms with van der Waals surface area (Å²) in [7, 11) is -2.40. The molecule has 0 heterocycles. The molecule has 0 spiro atoms. The molecule has 7 heteroatoms. The number of carbonyl (C=O) groups excluding carboxylic acids is 1. The lowest BCUT2D eigenvalue weighted by Crippen LogP contribution is -2.33. The summed E-state index contributed by atoms with van der Waals surface area (Å²) < 4.78 is 25.6. The van der Waals surface area contributed by atoms with Crippen LogP contribution < -0.4 is 5.32 Å². The van der Waals surface area contributed by atoms with E-state index in [4.69, 9.17) is 0 Å². The first kappa shape index (κ1) is 14.7. The van der Waals surface area contributed by atoms with Crippen LogP contribution in [-0.2, 0) is 19.1 Å². The highest BCUT2D eigenvalue weighted by Crippen LogP contribution is 2.15. The van der Waals surface area contributed by atoms with Crippen LogP contribution in [0.15, 0.2) is 0 Å². The fourth-order valence-electron chi connectivity index (χ4n) is 0.854. The average Bonchev–Trinajstić information content (AvgIpc) is 2.00. The largest absolute Gasteiger partial charge is 0.355 e. The fraction of sp³-hybridized carbons (Fsp3) is 0.875. The molecule has 0 aromatic rings. The molecule has 0 bridgehead atoms. The van der Waals surface area contributed by atoms with E-state index in [1.807, 2.05) is 13.8 Å². The number of hydrogen-bond acceptors (Lipinski definition) is 5. The van der Waals surface area contributed by atoms with Crippen molar-refractivity contribution in [2.24, 2.45) is 0 Å². The van der Waals surface area contributed by atoms with Gasteiger partial charge in [-0.2, -0.15) is 21.0 Å². The van der Waals surface area contributed by atoms with Crippen molar-refractivity contribution in [3.63, 3.8) is 0 Å². The Morgan fingerprint density at radius 3 is 2.40 bits per heavy atom. The monoisotopic (exact) mass is 255 g/mol. The lowest BCUT2D eigenvalue weighted by atomic mass is 10.1. The van der Waals surface area contributed by atoms with Crippen LogP contribution in [0.25, 0.3) is 0 Å². The van der Waals surface area contributed by atoms with Crippen LogP contribution in [-0.4, -0.2) is 38.5 Å². The van der Waals surface area contributed by atoms with Gasteiger partial charge in [-0.15, -0.1) is 0 Å². The number of amides is 1. The Bertz CT molecular complexity index is 305. The van der Waals surface area contributed by atoms with Gasteiger partial charge >= 0.3 is 0 Å². The van der Waals surface area contributed by atoms with Crippen LogP contribution in [0.1, 0.15) is 20.3 Å². The molecule has 0 atom stereocenters. The van der Waals surface area contributed by atoms with Gasteiger partial charge in [-0.25, -0.2) is 0 Å². The van der Waals surface area contributed by atoms with Crippen LogP contribution in [0, 0.1) is 0 Å². The van der Waals surface area contributed by atoms with Gasteiger partial charge in [-0.3, -0.25) is 8.98 Å². The molecule has 0 rings (SSSR count). The third-order valence-electron chi connectivity index (χ3n) is 1.52. The second-order valence-electron chi connectivity index (χ2n) is 3.77. The van der Waals surface area contributed by atoms with Crippen LogP contribution in [0.5, 0.6) is 0 Å². The zero-order valence-corrected chi connectivity index (χ0v) is 10.8. The van der Waals surface area contributed by atoms with Crippen molar-refractivity contribution in [2.45, 2.75) is 25.0 Å². The maximum absolute atomic E-state index is 11.2. The molecule has 0 saturated heterocycles. The van der Waals surface area contributed by atoms with E-state index in [2.05, 4.69) is 22.1 Å². The summed E-state index contributed by atoms with van der Waals surface area (Å²) in [6.07, 6.45) is 0.239. The van der Waals surface area contributed by atoms with Crippen molar-refractivity contribution in [3.8, 4) is 0 Å². The molecular weight excluding hydrogens is 238 g/mol. The predicted molar refractivity (Wildman–Crippen MR) is 61.5 cm³/mol. The van der Waals surface area contributed by atoms with Gasteiger partial charge in [-0.05, 0) is 0 Å². The topological polar surface area (TPSA) is 72.5 Å². The molecule has 0 aromatic heterocycles. The minimum Gasteiger partial charge on any atom is -0.355 e. The summed E-state index contributed by atoms with van der Waals surface area (Å²) in [4.78, 5) is 11.2. The molecule has 90 valence electrons. The van der Waals surface area contributed by atoms with Crippen LogP contribution in [0.4, 0.5) is 0 Å². The first-order valence-electron chi connectivity index (χ1n) is 4.44. The third kappa shape index (κ3) is 8.71. The Morgan fingerprint density at radius 1 is 1.47 bits per heavy atom. The zero-order chi connectivity index (χ0) is 12.1. The summed E-state index contributed by atoms with van der Waals surface area (Å²) in [6, 6.07) is 0. The number of thiol groups is 1. The van der Waals surface area contributed by atoms with Crippen molar-refractivity contribution in [3.05, 3.63) is 0 Å². The van der Waals surface area contributed by atoms with Crippen molar-refractivity contribution in [1.82, 2.24) is 5.32 Å². The van der Waals surface area contributed by atoms with Gasteiger partial charge in [0.15, 0.2) is 0 Å². The van der Waals surface area contributed by atoms with E-state index in [-0.39, 0.29) is 24.6 Å². The smallest absolute Gasteiger partial charge is 0.268 e. The minimum atomic E-state index is -3.49. The Balaban J connectivity index is 3.84. The molecule has 0 saturated carbocycles. The molecule has 5 nitrogen and oxygen atoms in total. The maximum Gasteiger partial charge on any atom is 0.268 e. The Morgan fingerprint density at radius 2 is 2.00 bits per heavy atom. The van der Waals surface area contributed by atoms with Gasteiger partial charge in [0.05, 0.1) is 12.9 Å². The summed E-state index contributed by atoms with van der Waals surface area (Å²) in [5, 5.41) is 2.48. The summed E-state index contributed by atoms with van der Waals surface area (Å²) >= 11 is 4.19. The molecule has 1 N–H and O–H groups in total. The van der Waals surface area contributed by atoms with E-state index in [1.165, 1.54) is 0 Å². The van der Waals surface area contributed by atoms with Crippen LogP contribution in [0.2, 0.25) is 0 Å².